The molecule has 0 unspecified atom stereocenters. The SMILES string of the molecule is C=CC(=O)c1ccc(Cl)cc1OC(F)(F)F. The normalized spacial score (nSPS) is 11.0. The molecule has 0 spiro atoms. The number of hydrogen-bond acceptors (Lipinski definition) is 2. The average Bonchev–Trinajstić information content (AvgIpc) is 2.14. The molecule has 0 amide bonds. The largest absolute Gasteiger partial charge is 0.573 e. The first-order valence-corrected chi connectivity index (χ1v) is 4.43. The van der Waals surface area contributed by atoms with Gasteiger partial charge in [0.25, 0.3) is 0 Å². The Hall–Kier alpha value is -1.49. The lowest BCUT2D eigenvalue weighted by Gasteiger charge is -2.11. The van der Waals surface area contributed by atoms with Crippen LogP contribution in [0.25, 0.3) is 0 Å². The van der Waals surface area contributed by atoms with E-state index in [2.05, 4.69) is 11.3 Å². The number of allylic oxidation sites excluding steroid dienone is 1. The number of alkyl halides is 3. The fourth-order valence-electron chi connectivity index (χ4n) is 1.02. The van der Waals surface area contributed by atoms with Crippen LogP contribution in [0.1, 0.15) is 10.4 Å². The molecule has 1 aromatic rings. The summed E-state index contributed by atoms with van der Waals surface area (Å²) in [4.78, 5) is 11.2. The number of rotatable bonds is 3. The molecule has 0 saturated heterocycles. The van der Waals surface area contributed by atoms with E-state index >= 15 is 0 Å². The van der Waals surface area contributed by atoms with E-state index in [1.54, 1.807) is 0 Å². The molecular formula is C10H6ClF3O2. The molecule has 0 heterocycles. The standard InChI is InChI=1S/C10H6ClF3O2/c1-2-8(15)7-4-3-6(11)5-9(7)16-10(12,13)14/h2-5H,1H2. The molecule has 2 nitrogen and oxygen atoms in total. The van der Waals surface area contributed by atoms with E-state index in [-0.39, 0.29) is 10.6 Å². The van der Waals surface area contributed by atoms with Gasteiger partial charge in [0, 0.05) is 5.02 Å². The van der Waals surface area contributed by atoms with Crippen molar-refractivity contribution < 1.29 is 22.7 Å². The molecule has 0 aliphatic carbocycles. The molecule has 0 aromatic heterocycles. The fraction of sp³-hybridized carbons (Fsp3) is 0.100. The monoisotopic (exact) mass is 250 g/mol. The van der Waals surface area contributed by atoms with Crippen LogP contribution in [0.5, 0.6) is 5.75 Å². The van der Waals surface area contributed by atoms with E-state index in [0.29, 0.717) is 0 Å². The van der Waals surface area contributed by atoms with Crippen molar-refractivity contribution in [3.63, 3.8) is 0 Å². The first kappa shape index (κ1) is 12.6. The maximum absolute atomic E-state index is 12.0. The molecule has 0 aliphatic heterocycles. The van der Waals surface area contributed by atoms with Crippen LogP contribution in [0.15, 0.2) is 30.9 Å². The summed E-state index contributed by atoms with van der Waals surface area (Å²) in [6.45, 7) is 3.18. The Labute approximate surface area is 94.3 Å². The number of ether oxygens (including phenoxy) is 1. The number of ketones is 1. The number of hydrogen-bond donors (Lipinski definition) is 0. The molecular weight excluding hydrogens is 245 g/mol. The van der Waals surface area contributed by atoms with Gasteiger partial charge in [0.1, 0.15) is 5.75 Å². The number of halogens is 4. The van der Waals surface area contributed by atoms with Crippen LogP contribution in [-0.2, 0) is 0 Å². The van der Waals surface area contributed by atoms with Gasteiger partial charge in [-0.1, -0.05) is 18.2 Å². The number of carbonyl (C=O) groups excluding carboxylic acids is 1. The molecule has 0 atom stereocenters. The van der Waals surface area contributed by atoms with Crippen molar-refractivity contribution in [2.24, 2.45) is 0 Å². The second kappa shape index (κ2) is 4.57. The highest BCUT2D eigenvalue weighted by Crippen LogP contribution is 2.29. The fourth-order valence-corrected chi connectivity index (χ4v) is 1.18. The van der Waals surface area contributed by atoms with Gasteiger partial charge in [-0.2, -0.15) is 0 Å². The zero-order valence-corrected chi connectivity index (χ0v) is 8.60. The Morgan fingerprint density at radius 3 is 2.56 bits per heavy atom. The van der Waals surface area contributed by atoms with Crippen molar-refractivity contribution in [1.82, 2.24) is 0 Å². The Morgan fingerprint density at radius 2 is 2.06 bits per heavy atom. The zero-order valence-electron chi connectivity index (χ0n) is 7.84. The van der Waals surface area contributed by atoms with E-state index < -0.39 is 17.9 Å². The second-order valence-corrected chi connectivity index (χ2v) is 3.19. The highest BCUT2D eigenvalue weighted by Gasteiger charge is 2.32. The molecule has 0 bridgehead atoms. The first-order valence-electron chi connectivity index (χ1n) is 4.05. The van der Waals surface area contributed by atoms with Gasteiger partial charge in [-0.15, -0.1) is 13.2 Å². The van der Waals surface area contributed by atoms with Crippen LogP contribution in [0, 0.1) is 0 Å². The van der Waals surface area contributed by atoms with Gasteiger partial charge in [-0.05, 0) is 24.3 Å². The Kier molecular flexibility index (Phi) is 3.59. The van der Waals surface area contributed by atoms with Crippen LogP contribution >= 0.6 is 11.6 Å². The van der Waals surface area contributed by atoms with Crippen molar-refractivity contribution in [1.29, 1.82) is 0 Å². The maximum Gasteiger partial charge on any atom is 0.573 e. The number of benzene rings is 1. The summed E-state index contributed by atoms with van der Waals surface area (Å²) in [6.07, 6.45) is -3.98. The quantitative estimate of drug-likeness (QED) is 0.605. The third-order valence-electron chi connectivity index (χ3n) is 1.62. The molecule has 0 radical (unpaired) electrons. The topological polar surface area (TPSA) is 26.3 Å². The average molecular weight is 251 g/mol. The third-order valence-corrected chi connectivity index (χ3v) is 1.86. The summed E-state index contributed by atoms with van der Waals surface area (Å²) in [5, 5.41) is 0.0415. The van der Waals surface area contributed by atoms with Crippen molar-refractivity contribution in [3.8, 4) is 5.75 Å². The molecule has 0 fully saturated rings. The van der Waals surface area contributed by atoms with Crippen molar-refractivity contribution in [2.75, 3.05) is 0 Å². The molecule has 1 rings (SSSR count). The van der Waals surface area contributed by atoms with Gasteiger partial charge in [0.05, 0.1) is 5.56 Å². The van der Waals surface area contributed by atoms with E-state index in [9.17, 15) is 18.0 Å². The van der Waals surface area contributed by atoms with Gasteiger partial charge < -0.3 is 4.74 Å². The van der Waals surface area contributed by atoms with E-state index in [4.69, 9.17) is 11.6 Å². The van der Waals surface area contributed by atoms with Crippen molar-refractivity contribution >= 4 is 17.4 Å². The van der Waals surface area contributed by atoms with E-state index in [1.807, 2.05) is 0 Å². The molecule has 0 N–H and O–H groups in total. The van der Waals surface area contributed by atoms with Gasteiger partial charge in [-0.3, -0.25) is 4.79 Å². The highest BCUT2D eigenvalue weighted by molar-refractivity contribution is 6.31. The predicted octanol–water partition coefficient (Wildman–Crippen LogP) is 3.61. The predicted molar refractivity (Wildman–Crippen MR) is 52.7 cm³/mol. The first-order chi connectivity index (χ1) is 7.33. The second-order valence-electron chi connectivity index (χ2n) is 2.76. The summed E-state index contributed by atoms with van der Waals surface area (Å²) >= 11 is 5.51. The van der Waals surface area contributed by atoms with Crippen LogP contribution < -0.4 is 4.74 Å². The number of carbonyl (C=O) groups is 1. The van der Waals surface area contributed by atoms with Crippen molar-refractivity contribution in [2.45, 2.75) is 6.36 Å². The maximum atomic E-state index is 12.0. The van der Waals surface area contributed by atoms with E-state index in [0.717, 1.165) is 18.2 Å². The lowest BCUT2D eigenvalue weighted by atomic mass is 10.1. The summed E-state index contributed by atoms with van der Waals surface area (Å²) < 4.78 is 39.7. The lowest BCUT2D eigenvalue weighted by Crippen LogP contribution is -2.18. The lowest BCUT2D eigenvalue weighted by molar-refractivity contribution is -0.274. The highest BCUT2D eigenvalue weighted by atomic mass is 35.5. The van der Waals surface area contributed by atoms with E-state index in [1.165, 1.54) is 6.07 Å². The summed E-state index contributed by atoms with van der Waals surface area (Å²) in [5.74, 6) is -1.30. The van der Waals surface area contributed by atoms with Gasteiger partial charge >= 0.3 is 6.36 Å². The molecule has 6 heteroatoms. The van der Waals surface area contributed by atoms with Gasteiger partial charge in [0.2, 0.25) is 0 Å². The molecule has 0 aliphatic rings. The molecule has 86 valence electrons. The Bertz CT molecular complexity index is 427. The summed E-state index contributed by atoms with van der Waals surface area (Å²) in [6, 6.07) is 3.36. The van der Waals surface area contributed by atoms with Crippen LogP contribution in [-0.4, -0.2) is 12.1 Å². The smallest absolute Gasteiger partial charge is 0.405 e. The minimum Gasteiger partial charge on any atom is -0.405 e. The Balaban J connectivity index is 3.18. The third kappa shape index (κ3) is 3.27. The van der Waals surface area contributed by atoms with Gasteiger partial charge in [-0.25, -0.2) is 0 Å². The molecule has 1 aromatic carbocycles. The Morgan fingerprint density at radius 1 is 1.44 bits per heavy atom. The molecule has 16 heavy (non-hydrogen) atoms. The van der Waals surface area contributed by atoms with Crippen LogP contribution in [0.3, 0.4) is 0 Å². The van der Waals surface area contributed by atoms with Gasteiger partial charge in [0.15, 0.2) is 5.78 Å². The van der Waals surface area contributed by atoms with Crippen LogP contribution in [0.2, 0.25) is 5.02 Å². The zero-order chi connectivity index (χ0) is 12.3. The minimum absolute atomic E-state index is 0.0415. The summed E-state index contributed by atoms with van der Waals surface area (Å²) in [7, 11) is 0. The molecule has 0 saturated carbocycles. The van der Waals surface area contributed by atoms with Crippen LogP contribution in [0.4, 0.5) is 13.2 Å². The summed E-state index contributed by atoms with van der Waals surface area (Å²) in [5.41, 5.74) is -0.239. The minimum atomic E-state index is -4.87. The van der Waals surface area contributed by atoms with Crippen molar-refractivity contribution in [3.05, 3.63) is 41.4 Å².